The summed E-state index contributed by atoms with van der Waals surface area (Å²) in [6.07, 6.45) is -0.831. The third-order valence-electron chi connectivity index (χ3n) is 2.69. The molecular formula is C13H11N3O6S. The summed E-state index contributed by atoms with van der Waals surface area (Å²) in [5.74, 6) is 0.120. The Balaban J connectivity index is 2.00. The molecule has 0 saturated heterocycles. The second-order valence-electron chi connectivity index (χ2n) is 4.33. The van der Waals surface area contributed by atoms with E-state index in [9.17, 15) is 23.3 Å². The number of carbonyl (C=O) groups excluding carboxylic acids is 1. The van der Waals surface area contributed by atoms with Gasteiger partial charge in [0.1, 0.15) is 5.75 Å². The van der Waals surface area contributed by atoms with Gasteiger partial charge in [-0.3, -0.25) is 15.4 Å². The van der Waals surface area contributed by atoms with Gasteiger partial charge in [-0.2, -0.15) is 0 Å². The third kappa shape index (κ3) is 4.49. The van der Waals surface area contributed by atoms with Crippen molar-refractivity contribution in [3.63, 3.8) is 0 Å². The molecule has 0 fully saturated rings. The van der Waals surface area contributed by atoms with E-state index in [4.69, 9.17) is 9.88 Å². The minimum Gasteiger partial charge on any atom is -0.410 e. The molecule has 0 unspecified atom stereocenters. The predicted octanol–water partition coefficient (Wildman–Crippen LogP) is 1.85. The number of carbonyl (C=O) groups is 1. The summed E-state index contributed by atoms with van der Waals surface area (Å²) in [5.41, 5.74) is 0.167. The molecule has 1 amide bonds. The van der Waals surface area contributed by atoms with Crippen LogP contribution in [0.2, 0.25) is 0 Å². The molecule has 0 atom stereocenters. The lowest BCUT2D eigenvalue weighted by Gasteiger charge is -2.07. The largest absolute Gasteiger partial charge is 0.417 e. The maximum absolute atomic E-state index is 11.7. The van der Waals surface area contributed by atoms with Gasteiger partial charge in [0, 0.05) is 17.8 Å². The molecule has 0 spiro atoms. The van der Waals surface area contributed by atoms with Crippen LogP contribution in [-0.2, 0) is 10.0 Å². The minimum atomic E-state index is -3.81. The Bertz CT molecular complexity index is 831. The molecule has 0 aliphatic carbocycles. The Morgan fingerprint density at radius 1 is 1.09 bits per heavy atom. The van der Waals surface area contributed by atoms with Crippen LogP contribution in [0.25, 0.3) is 0 Å². The van der Waals surface area contributed by atoms with Crippen molar-refractivity contribution < 1.29 is 22.9 Å². The number of nitro groups is 1. The van der Waals surface area contributed by atoms with Gasteiger partial charge >= 0.3 is 6.09 Å². The minimum absolute atomic E-state index is 0.0909. The number of nitrogens with zero attached hydrogens (tertiary/aromatic N) is 1. The monoisotopic (exact) mass is 337 g/mol. The van der Waals surface area contributed by atoms with E-state index in [2.05, 4.69) is 5.32 Å². The van der Waals surface area contributed by atoms with Crippen LogP contribution in [0.15, 0.2) is 53.4 Å². The van der Waals surface area contributed by atoms with Crippen LogP contribution in [0, 0.1) is 10.1 Å². The maximum atomic E-state index is 11.7. The summed E-state index contributed by atoms with van der Waals surface area (Å²) in [6.45, 7) is 0. The smallest absolute Gasteiger partial charge is 0.410 e. The zero-order valence-corrected chi connectivity index (χ0v) is 12.3. The number of primary sulfonamides is 1. The average molecular weight is 337 g/mol. The molecule has 0 aliphatic rings. The van der Waals surface area contributed by atoms with Crippen molar-refractivity contribution in [1.29, 1.82) is 0 Å². The number of nitrogens with one attached hydrogen (secondary N) is 1. The molecule has 3 N–H and O–H groups in total. The Hall–Kier alpha value is -2.98. The van der Waals surface area contributed by atoms with Gasteiger partial charge in [0.15, 0.2) is 0 Å². The fourth-order valence-corrected chi connectivity index (χ4v) is 2.13. The SMILES string of the molecule is NS(=O)(=O)c1ccc(NC(=O)Oc2ccc([N+](=O)[O-])cc2)cc1. The number of nitrogens with two attached hydrogens (primary N) is 1. The number of anilines is 1. The van der Waals surface area contributed by atoms with Gasteiger partial charge in [0.2, 0.25) is 10.0 Å². The highest BCUT2D eigenvalue weighted by Gasteiger charge is 2.10. The number of ether oxygens (including phenoxy) is 1. The van der Waals surface area contributed by atoms with Crippen molar-refractivity contribution in [2.45, 2.75) is 4.90 Å². The Morgan fingerprint density at radius 3 is 2.13 bits per heavy atom. The molecule has 9 nitrogen and oxygen atoms in total. The zero-order valence-electron chi connectivity index (χ0n) is 11.5. The molecule has 0 heterocycles. The number of amides is 1. The van der Waals surface area contributed by atoms with Gasteiger partial charge < -0.3 is 4.74 Å². The highest BCUT2D eigenvalue weighted by molar-refractivity contribution is 7.89. The number of sulfonamides is 1. The van der Waals surface area contributed by atoms with Crippen LogP contribution >= 0.6 is 0 Å². The van der Waals surface area contributed by atoms with Gasteiger partial charge in [-0.05, 0) is 36.4 Å². The number of nitro benzene ring substituents is 1. The van der Waals surface area contributed by atoms with E-state index in [-0.39, 0.29) is 16.3 Å². The predicted molar refractivity (Wildman–Crippen MR) is 80.6 cm³/mol. The topological polar surface area (TPSA) is 142 Å². The highest BCUT2D eigenvalue weighted by atomic mass is 32.2. The first-order chi connectivity index (χ1) is 10.8. The van der Waals surface area contributed by atoms with Crippen molar-refractivity contribution >= 4 is 27.5 Å². The Morgan fingerprint density at radius 2 is 1.65 bits per heavy atom. The fourth-order valence-electron chi connectivity index (χ4n) is 1.61. The molecule has 0 bridgehead atoms. The average Bonchev–Trinajstić information content (AvgIpc) is 2.47. The first kappa shape index (κ1) is 16.4. The lowest BCUT2D eigenvalue weighted by atomic mass is 10.3. The maximum Gasteiger partial charge on any atom is 0.417 e. The summed E-state index contributed by atoms with van der Waals surface area (Å²) in [6, 6.07) is 10.1. The van der Waals surface area contributed by atoms with Crippen LogP contribution in [0.3, 0.4) is 0 Å². The third-order valence-corrected chi connectivity index (χ3v) is 3.62. The molecule has 23 heavy (non-hydrogen) atoms. The normalized spacial score (nSPS) is 10.8. The quantitative estimate of drug-likeness (QED) is 0.644. The van der Waals surface area contributed by atoms with E-state index in [1.54, 1.807) is 0 Å². The van der Waals surface area contributed by atoms with Gasteiger partial charge in [0.25, 0.3) is 5.69 Å². The summed E-state index contributed by atoms with van der Waals surface area (Å²) in [4.78, 5) is 21.5. The van der Waals surface area contributed by atoms with Crippen molar-refractivity contribution in [3.8, 4) is 5.75 Å². The lowest BCUT2D eigenvalue weighted by molar-refractivity contribution is -0.384. The molecule has 0 aliphatic heterocycles. The van der Waals surface area contributed by atoms with E-state index in [1.807, 2.05) is 0 Å². The first-order valence-corrected chi connectivity index (χ1v) is 7.66. The number of hydrogen-bond acceptors (Lipinski definition) is 6. The van der Waals surface area contributed by atoms with Crippen molar-refractivity contribution in [3.05, 3.63) is 58.6 Å². The van der Waals surface area contributed by atoms with E-state index in [1.165, 1.54) is 48.5 Å². The number of benzene rings is 2. The lowest BCUT2D eigenvalue weighted by Crippen LogP contribution is -2.17. The first-order valence-electron chi connectivity index (χ1n) is 6.12. The Kier molecular flexibility index (Phi) is 4.57. The standard InChI is InChI=1S/C13H11N3O6S/c14-23(20,21)12-7-1-9(2-8-12)15-13(17)22-11-5-3-10(4-6-11)16(18)19/h1-8H,(H,15,17)(H2,14,20,21). The van der Waals surface area contributed by atoms with Crippen molar-refractivity contribution in [2.75, 3.05) is 5.32 Å². The van der Waals surface area contributed by atoms with Crippen LogP contribution in [0.4, 0.5) is 16.2 Å². The van der Waals surface area contributed by atoms with Gasteiger partial charge in [-0.15, -0.1) is 0 Å². The molecule has 2 rings (SSSR count). The summed E-state index contributed by atoms with van der Waals surface area (Å²) in [5, 5.41) is 17.8. The highest BCUT2D eigenvalue weighted by Crippen LogP contribution is 2.18. The van der Waals surface area contributed by atoms with E-state index in [0.717, 1.165) is 0 Å². The summed E-state index contributed by atoms with van der Waals surface area (Å²) in [7, 11) is -3.81. The van der Waals surface area contributed by atoms with Crippen LogP contribution in [0.5, 0.6) is 5.75 Å². The summed E-state index contributed by atoms with van der Waals surface area (Å²) >= 11 is 0. The molecule has 10 heteroatoms. The van der Waals surface area contributed by atoms with Crippen molar-refractivity contribution in [1.82, 2.24) is 0 Å². The summed E-state index contributed by atoms with van der Waals surface area (Å²) < 4.78 is 27.1. The molecular weight excluding hydrogens is 326 g/mol. The van der Waals surface area contributed by atoms with Gasteiger partial charge in [-0.25, -0.2) is 18.4 Å². The zero-order chi connectivity index (χ0) is 17.0. The molecule has 2 aromatic carbocycles. The van der Waals surface area contributed by atoms with E-state index < -0.39 is 21.0 Å². The number of non-ortho nitro benzene ring substituents is 1. The molecule has 120 valence electrons. The molecule has 2 aromatic rings. The van der Waals surface area contributed by atoms with Crippen LogP contribution in [-0.4, -0.2) is 19.4 Å². The van der Waals surface area contributed by atoms with Crippen LogP contribution in [0.1, 0.15) is 0 Å². The Labute approximate surface area is 130 Å². The second kappa shape index (κ2) is 6.42. The molecule has 0 radical (unpaired) electrons. The van der Waals surface area contributed by atoms with Gasteiger partial charge in [-0.1, -0.05) is 0 Å². The van der Waals surface area contributed by atoms with Gasteiger partial charge in [0.05, 0.1) is 9.82 Å². The number of hydrogen-bond donors (Lipinski definition) is 2. The molecule has 0 saturated carbocycles. The number of rotatable bonds is 4. The van der Waals surface area contributed by atoms with E-state index in [0.29, 0.717) is 5.69 Å². The molecule has 0 aromatic heterocycles. The van der Waals surface area contributed by atoms with Crippen molar-refractivity contribution in [2.24, 2.45) is 5.14 Å². The van der Waals surface area contributed by atoms with Crippen LogP contribution < -0.4 is 15.2 Å². The second-order valence-corrected chi connectivity index (χ2v) is 5.90. The van der Waals surface area contributed by atoms with E-state index >= 15 is 0 Å². The fraction of sp³-hybridized carbons (Fsp3) is 0.